The second-order valence-electron chi connectivity index (χ2n) is 4.21. The number of methoxy groups -OCH3 is 1. The fourth-order valence-electron chi connectivity index (χ4n) is 1.80. The van der Waals surface area contributed by atoms with E-state index in [9.17, 15) is 14.3 Å². The molecule has 0 saturated carbocycles. The lowest BCUT2D eigenvalue weighted by atomic mass is 10.1. The molecule has 2 N–H and O–H groups in total. The van der Waals surface area contributed by atoms with Crippen molar-refractivity contribution in [3.8, 4) is 5.75 Å². The highest BCUT2D eigenvalue weighted by Gasteiger charge is 2.13. The zero-order valence-corrected chi connectivity index (χ0v) is 10.9. The maximum Gasteiger partial charge on any atom is 0.259 e. The first-order valence-corrected chi connectivity index (χ1v) is 5.98. The molecule has 2 aromatic carbocycles. The minimum absolute atomic E-state index is 0.114. The third-order valence-electron chi connectivity index (χ3n) is 2.77. The number of aromatic hydroxyl groups is 1. The molecule has 0 unspecified atom stereocenters. The fraction of sp³-hybridized carbons (Fsp3) is 0.133. The summed E-state index contributed by atoms with van der Waals surface area (Å²) in [6.45, 7) is 0.339. The number of phenols is 1. The van der Waals surface area contributed by atoms with Crippen LogP contribution >= 0.6 is 0 Å². The van der Waals surface area contributed by atoms with E-state index in [2.05, 4.69) is 5.32 Å². The number of carbonyl (C=O) groups excluding carboxylic acids is 1. The molecule has 0 atom stereocenters. The Labute approximate surface area is 115 Å². The molecule has 0 aliphatic carbocycles. The largest absolute Gasteiger partial charge is 0.507 e. The average molecular weight is 275 g/mol. The van der Waals surface area contributed by atoms with E-state index in [-0.39, 0.29) is 11.3 Å². The highest BCUT2D eigenvalue weighted by molar-refractivity contribution is 6.06. The van der Waals surface area contributed by atoms with Crippen LogP contribution in [-0.2, 0) is 11.3 Å². The van der Waals surface area contributed by atoms with Gasteiger partial charge >= 0.3 is 0 Å². The summed E-state index contributed by atoms with van der Waals surface area (Å²) in [7, 11) is 1.55. The van der Waals surface area contributed by atoms with Gasteiger partial charge in [0.1, 0.15) is 11.6 Å². The molecule has 0 bridgehead atoms. The molecular weight excluding hydrogens is 261 g/mol. The van der Waals surface area contributed by atoms with E-state index in [4.69, 9.17) is 4.74 Å². The molecule has 0 aliphatic rings. The molecule has 2 aromatic rings. The van der Waals surface area contributed by atoms with Crippen molar-refractivity contribution in [2.75, 3.05) is 12.4 Å². The first-order valence-electron chi connectivity index (χ1n) is 5.98. The van der Waals surface area contributed by atoms with E-state index in [1.807, 2.05) is 12.1 Å². The standard InChI is InChI=1S/C15H14FNO3/c1-20-9-10-4-2-3-5-13(10)17-15(19)12-8-11(16)6-7-14(12)18/h2-8,18H,9H2,1H3,(H,17,19). The number of hydrogen-bond donors (Lipinski definition) is 2. The minimum Gasteiger partial charge on any atom is -0.507 e. The van der Waals surface area contributed by atoms with Gasteiger partial charge in [-0.2, -0.15) is 0 Å². The SMILES string of the molecule is COCc1ccccc1NC(=O)c1cc(F)ccc1O. The third kappa shape index (κ3) is 3.13. The normalized spacial score (nSPS) is 10.3. The summed E-state index contributed by atoms with van der Waals surface area (Å²) in [6.07, 6.45) is 0. The molecule has 0 fully saturated rings. The van der Waals surface area contributed by atoms with Crippen molar-refractivity contribution >= 4 is 11.6 Å². The number of rotatable bonds is 4. The van der Waals surface area contributed by atoms with Crippen molar-refractivity contribution in [1.82, 2.24) is 0 Å². The molecule has 0 aliphatic heterocycles. The van der Waals surface area contributed by atoms with Crippen LogP contribution in [0.5, 0.6) is 5.75 Å². The van der Waals surface area contributed by atoms with Gasteiger partial charge in [-0.1, -0.05) is 18.2 Å². The molecule has 20 heavy (non-hydrogen) atoms. The Bertz CT molecular complexity index is 628. The van der Waals surface area contributed by atoms with Crippen LogP contribution in [0.3, 0.4) is 0 Å². The number of anilines is 1. The van der Waals surface area contributed by atoms with Crippen molar-refractivity contribution in [3.05, 3.63) is 59.4 Å². The van der Waals surface area contributed by atoms with Crippen molar-refractivity contribution in [2.24, 2.45) is 0 Å². The van der Waals surface area contributed by atoms with Crippen molar-refractivity contribution in [3.63, 3.8) is 0 Å². The Kier molecular flexibility index (Phi) is 4.32. The molecule has 0 heterocycles. The van der Waals surface area contributed by atoms with E-state index in [0.717, 1.165) is 23.8 Å². The van der Waals surface area contributed by atoms with E-state index in [1.54, 1.807) is 19.2 Å². The Morgan fingerprint density at radius 1 is 1.30 bits per heavy atom. The summed E-state index contributed by atoms with van der Waals surface area (Å²) in [5.74, 6) is -1.43. The number of benzene rings is 2. The van der Waals surface area contributed by atoms with Crippen molar-refractivity contribution < 1.29 is 19.0 Å². The van der Waals surface area contributed by atoms with Gasteiger partial charge in [0.25, 0.3) is 5.91 Å². The Balaban J connectivity index is 2.26. The van der Waals surface area contributed by atoms with Crippen LogP contribution < -0.4 is 5.32 Å². The predicted octanol–water partition coefficient (Wildman–Crippen LogP) is 2.93. The van der Waals surface area contributed by atoms with Crippen molar-refractivity contribution in [2.45, 2.75) is 6.61 Å². The van der Waals surface area contributed by atoms with Crippen LogP contribution in [0, 0.1) is 5.82 Å². The van der Waals surface area contributed by atoms with Crippen LogP contribution in [-0.4, -0.2) is 18.1 Å². The van der Waals surface area contributed by atoms with Crippen LogP contribution in [0.25, 0.3) is 0 Å². The lowest BCUT2D eigenvalue weighted by molar-refractivity contribution is 0.102. The lowest BCUT2D eigenvalue weighted by Gasteiger charge is -2.11. The lowest BCUT2D eigenvalue weighted by Crippen LogP contribution is -2.14. The molecule has 0 saturated heterocycles. The highest BCUT2D eigenvalue weighted by Crippen LogP contribution is 2.21. The van der Waals surface area contributed by atoms with Gasteiger partial charge in [-0.15, -0.1) is 0 Å². The molecule has 5 heteroatoms. The van der Waals surface area contributed by atoms with Gasteiger partial charge < -0.3 is 15.2 Å². The Hall–Kier alpha value is -2.40. The second-order valence-corrected chi connectivity index (χ2v) is 4.21. The quantitative estimate of drug-likeness (QED) is 0.902. The molecule has 1 amide bonds. The highest BCUT2D eigenvalue weighted by atomic mass is 19.1. The number of para-hydroxylation sites is 1. The molecule has 4 nitrogen and oxygen atoms in total. The molecular formula is C15H14FNO3. The first kappa shape index (κ1) is 14.0. The summed E-state index contributed by atoms with van der Waals surface area (Å²) < 4.78 is 18.2. The van der Waals surface area contributed by atoms with E-state index in [1.165, 1.54) is 0 Å². The molecule has 0 spiro atoms. The number of halogens is 1. The molecule has 0 aromatic heterocycles. The topological polar surface area (TPSA) is 58.6 Å². The zero-order valence-electron chi connectivity index (χ0n) is 10.9. The number of carbonyl (C=O) groups is 1. The van der Waals surface area contributed by atoms with Crippen LogP contribution in [0.15, 0.2) is 42.5 Å². The zero-order chi connectivity index (χ0) is 14.5. The van der Waals surface area contributed by atoms with Crippen LogP contribution in [0.2, 0.25) is 0 Å². The van der Waals surface area contributed by atoms with Gasteiger partial charge in [0.2, 0.25) is 0 Å². The summed E-state index contributed by atoms with van der Waals surface area (Å²) >= 11 is 0. The van der Waals surface area contributed by atoms with Gasteiger partial charge in [0.15, 0.2) is 0 Å². The number of nitrogens with one attached hydrogen (secondary N) is 1. The summed E-state index contributed by atoms with van der Waals surface area (Å²) in [6, 6.07) is 10.3. The van der Waals surface area contributed by atoms with Gasteiger partial charge in [0, 0.05) is 18.4 Å². The predicted molar refractivity (Wildman–Crippen MR) is 73.2 cm³/mol. The average Bonchev–Trinajstić information content (AvgIpc) is 2.44. The summed E-state index contributed by atoms with van der Waals surface area (Å²) in [4.78, 5) is 12.1. The molecule has 0 radical (unpaired) electrons. The van der Waals surface area contributed by atoms with E-state index in [0.29, 0.717) is 12.3 Å². The van der Waals surface area contributed by atoms with E-state index < -0.39 is 11.7 Å². The second kappa shape index (κ2) is 6.16. The summed E-state index contributed by atoms with van der Waals surface area (Å²) in [5.41, 5.74) is 1.24. The number of phenolic OH excluding ortho intramolecular Hbond substituents is 1. The number of hydrogen-bond acceptors (Lipinski definition) is 3. The Morgan fingerprint density at radius 2 is 2.05 bits per heavy atom. The maximum absolute atomic E-state index is 13.1. The maximum atomic E-state index is 13.1. The van der Waals surface area contributed by atoms with Crippen molar-refractivity contribution in [1.29, 1.82) is 0 Å². The smallest absolute Gasteiger partial charge is 0.259 e. The Morgan fingerprint density at radius 3 is 2.80 bits per heavy atom. The van der Waals surface area contributed by atoms with Gasteiger partial charge in [0.05, 0.1) is 12.2 Å². The van der Waals surface area contributed by atoms with Crippen LogP contribution in [0.4, 0.5) is 10.1 Å². The molecule has 2 rings (SSSR count). The molecule has 104 valence electrons. The minimum atomic E-state index is -0.585. The van der Waals surface area contributed by atoms with Gasteiger partial charge in [-0.3, -0.25) is 4.79 Å². The first-order chi connectivity index (χ1) is 9.61. The fourth-order valence-corrected chi connectivity index (χ4v) is 1.80. The number of amides is 1. The van der Waals surface area contributed by atoms with Crippen LogP contribution in [0.1, 0.15) is 15.9 Å². The van der Waals surface area contributed by atoms with Gasteiger partial charge in [-0.05, 0) is 24.3 Å². The number of ether oxygens (including phenoxy) is 1. The monoisotopic (exact) mass is 275 g/mol. The van der Waals surface area contributed by atoms with E-state index >= 15 is 0 Å². The third-order valence-corrected chi connectivity index (χ3v) is 2.77. The van der Waals surface area contributed by atoms with Gasteiger partial charge in [-0.25, -0.2) is 4.39 Å². The summed E-state index contributed by atoms with van der Waals surface area (Å²) in [5, 5.41) is 12.2.